The Morgan fingerprint density at radius 3 is 2.40 bits per heavy atom. The molecular weight excluding hydrogens is 324 g/mol. The van der Waals surface area contributed by atoms with Gasteiger partial charge in [0.2, 0.25) is 0 Å². The molecule has 2 unspecified atom stereocenters. The van der Waals surface area contributed by atoms with Crippen LogP contribution < -0.4 is 5.32 Å². The molecule has 0 aliphatic heterocycles. The van der Waals surface area contributed by atoms with Crippen molar-refractivity contribution in [3.63, 3.8) is 0 Å². The topological polar surface area (TPSA) is 12.0 Å². The minimum Gasteiger partial charge on any atom is -0.380 e. The first-order chi connectivity index (χ1) is 9.29. The summed E-state index contributed by atoms with van der Waals surface area (Å²) in [7, 11) is 0. The van der Waals surface area contributed by atoms with Gasteiger partial charge in [-0.15, -0.1) is 0 Å². The van der Waals surface area contributed by atoms with E-state index in [4.69, 9.17) is 0 Å². The van der Waals surface area contributed by atoms with Crippen molar-refractivity contribution in [2.75, 3.05) is 5.32 Å². The normalized spacial score (nSPS) is 23.7. The fourth-order valence-electron chi connectivity index (χ4n) is 3.17. The lowest BCUT2D eigenvalue weighted by Gasteiger charge is -2.41. The zero-order valence-corrected chi connectivity index (χ0v) is 13.9. The highest BCUT2D eigenvalue weighted by molar-refractivity contribution is 9.10. The minimum atomic E-state index is -0.566. The SMILES string of the molecule is CC(C)(C)C1CCCCC1Nc1cc(Br)c(F)cc1F. The fraction of sp³-hybridized carbons (Fsp3) is 0.625. The lowest BCUT2D eigenvalue weighted by molar-refractivity contribution is 0.162. The molecule has 0 radical (unpaired) electrons. The van der Waals surface area contributed by atoms with Gasteiger partial charge in [0.05, 0.1) is 10.2 Å². The van der Waals surface area contributed by atoms with Gasteiger partial charge in [-0.05, 0) is 46.2 Å². The third kappa shape index (κ3) is 3.51. The molecule has 1 aliphatic carbocycles. The molecule has 4 heteroatoms. The van der Waals surface area contributed by atoms with Gasteiger partial charge in [0.1, 0.15) is 11.6 Å². The van der Waals surface area contributed by atoms with E-state index < -0.39 is 11.6 Å². The molecule has 2 rings (SSSR count). The summed E-state index contributed by atoms with van der Waals surface area (Å²) in [5.74, 6) is -0.590. The second-order valence-corrected chi connectivity index (χ2v) is 7.61. The van der Waals surface area contributed by atoms with E-state index >= 15 is 0 Å². The standard InChI is InChI=1S/C16H22BrF2N/c1-16(2,3)10-6-4-5-7-14(10)20-15-8-11(17)12(18)9-13(15)19/h8-10,14,20H,4-7H2,1-3H3. The van der Waals surface area contributed by atoms with Gasteiger partial charge in [-0.3, -0.25) is 0 Å². The van der Waals surface area contributed by atoms with Crippen LogP contribution in [0, 0.1) is 23.0 Å². The number of halogens is 3. The van der Waals surface area contributed by atoms with E-state index in [9.17, 15) is 8.78 Å². The largest absolute Gasteiger partial charge is 0.380 e. The summed E-state index contributed by atoms with van der Waals surface area (Å²) < 4.78 is 27.5. The van der Waals surface area contributed by atoms with E-state index in [2.05, 4.69) is 42.0 Å². The summed E-state index contributed by atoms with van der Waals surface area (Å²) in [4.78, 5) is 0. The molecule has 0 heterocycles. The summed E-state index contributed by atoms with van der Waals surface area (Å²) in [6, 6.07) is 2.68. The molecule has 0 saturated heterocycles. The number of nitrogens with one attached hydrogen (secondary N) is 1. The number of hydrogen-bond acceptors (Lipinski definition) is 1. The fourth-order valence-corrected chi connectivity index (χ4v) is 3.52. The smallest absolute Gasteiger partial charge is 0.149 e. The Balaban J connectivity index is 2.21. The maximum Gasteiger partial charge on any atom is 0.149 e. The van der Waals surface area contributed by atoms with Crippen molar-refractivity contribution in [3.05, 3.63) is 28.2 Å². The summed E-state index contributed by atoms with van der Waals surface area (Å²) in [6.07, 6.45) is 4.59. The number of hydrogen-bond donors (Lipinski definition) is 1. The maximum atomic E-state index is 13.9. The van der Waals surface area contributed by atoms with Gasteiger partial charge < -0.3 is 5.32 Å². The van der Waals surface area contributed by atoms with Gasteiger partial charge >= 0.3 is 0 Å². The van der Waals surface area contributed by atoms with E-state index in [0.717, 1.165) is 25.3 Å². The zero-order chi connectivity index (χ0) is 14.9. The lowest BCUT2D eigenvalue weighted by Crippen LogP contribution is -2.40. The molecule has 20 heavy (non-hydrogen) atoms. The van der Waals surface area contributed by atoms with Crippen LogP contribution in [0.2, 0.25) is 0 Å². The average molecular weight is 346 g/mol. The van der Waals surface area contributed by atoms with Crippen LogP contribution in [-0.2, 0) is 0 Å². The van der Waals surface area contributed by atoms with Gasteiger partial charge in [-0.2, -0.15) is 0 Å². The average Bonchev–Trinajstić information content (AvgIpc) is 2.35. The van der Waals surface area contributed by atoms with Crippen LogP contribution in [0.15, 0.2) is 16.6 Å². The van der Waals surface area contributed by atoms with E-state index in [0.29, 0.717) is 16.1 Å². The van der Waals surface area contributed by atoms with Gasteiger partial charge in [0.15, 0.2) is 0 Å². The van der Waals surface area contributed by atoms with Crippen molar-refractivity contribution < 1.29 is 8.78 Å². The van der Waals surface area contributed by atoms with Crippen LogP contribution in [0.3, 0.4) is 0 Å². The zero-order valence-electron chi connectivity index (χ0n) is 12.3. The van der Waals surface area contributed by atoms with Crippen molar-refractivity contribution in [2.45, 2.75) is 52.5 Å². The Hall–Kier alpha value is -0.640. The molecule has 0 bridgehead atoms. The molecule has 1 fully saturated rings. The predicted octanol–water partition coefficient (Wildman–Crippen LogP) is 5.74. The molecular formula is C16H22BrF2N. The third-order valence-electron chi connectivity index (χ3n) is 4.23. The third-order valence-corrected chi connectivity index (χ3v) is 4.84. The summed E-state index contributed by atoms with van der Waals surface area (Å²) in [5, 5.41) is 3.30. The van der Waals surface area contributed by atoms with E-state index in [1.165, 1.54) is 12.5 Å². The van der Waals surface area contributed by atoms with Crippen LogP contribution in [-0.4, -0.2) is 6.04 Å². The molecule has 0 aromatic heterocycles. The molecule has 1 aromatic rings. The molecule has 1 saturated carbocycles. The number of benzene rings is 1. The molecule has 0 spiro atoms. The summed E-state index contributed by atoms with van der Waals surface area (Å²) in [5.41, 5.74) is 0.575. The Bertz CT molecular complexity index is 482. The first kappa shape index (κ1) is 15.7. The Morgan fingerprint density at radius 2 is 1.75 bits per heavy atom. The first-order valence-corrected chi connectivity index (χ1v) is 7.99. The van der Waals surface area contributed by atoms with E-state index in [1.807, 2.05) is 0 Å². The van der Waals surface area contributed by atoms with E-state index in [1.54, 1.807) is 0 Å². The van der Waals surface area contributed by atoms with Gasteiger partial charge in [0.25, 0.3) is 0 Å². The molecule has 0 amide bonds. The monoisotopic (exact) mass is 345 g/mol. The molecule has 2 atom stereocenters. The van der Waals surface area contributed by atoms with Crippen molar-refractivity contribution in [1.29, 1.82) is 0 Å². The van der Waals surface area contributed by atoms with Gasteiger partial charge in [-0.25, -0.2) is 8.78 Å². The van der Waals surface area contributed by atoms with Crippen molar-refractivity contribution >= 4 is 21.6 Å². The first-order valence-electron chi connectivity index (χ1n) is 7.20. The molecule has 1 aliphatic rings. The number of anilines is 1. The second kappa shape index (κ2) is 6.00. The number of rotatable bonds is 2. The quantitative estimate of drug-likeness (QED) is 0.673. The molecule has 1 aromatic carbocycles. The Labute approximate surface area is 128 Å². The predicted molar refractivity (Wildman–Crippen MR) is 82.9 cm³/mol. The molecule has 112 valence electrons. The highest BCUT2D eigenvalue weighted by atomic mass is 79.9. The van der Waals surface area contributed by atoms with Crippen LogP contribution in [0.4, 0.5) is 14.5 Å². The molecule has 1 N–H and O–H groups in total. The van der Waals surface area contributed by atoms with E-state index in [-0.39, 0.29) is 11.5 Å². The van der Waals surface area contributed by atoms with Crippen molar-refractivity contribution in [3.8, 4) is 0 Å². The summed E-state index contributed by atoms with van der Waals surface area (Å²) >= 11 is 3.12. The summed E-state index contributed by atoms with van der Waals surface area (Å²) in [6.45, 7) is 6.69. The van der Waals surface area contributed by atoms with Crippen LogP contribution >= 0.6 is 15.9 Å². The lowest BCUT2D eigenvalue weighted by atomic mass is 9.69. The van der Waals surface area contributed by atoms with Gasteiger partial charge in [-0.1, -0.05) is 33.6 Å². The van der Waals surface area contributed by atoms with Crippen molar-refractivity contribution in [2.24, 2.45) is 11.3 Å². The van der Waals surface area contributed by atoms with Gasteiger partial charge in [0, 0.05) is 12.1 Å². The maximum absolute atomic E-state index is 13.9. The Kier molecular flexibility index (Phi) is 4.73. The van der Waals surface area contributed by atoms with Crippen LogP contribution in [0.1, 0.15) is 46.5 Å². The highest BCUT2D eigenvalue weighted by Gasteiger charge is 2.34. The molecule has 1 nitrogen and oxygen atoms in total. The van der Waals surface area contributed by atoms with Crippen molar-refractivity contribution in [1.82, 2.24) is 0 Å². The minimum absolute atomic E-state index is 0.186. The van der Waals surface area contributed by atoms with Crippen LogP contribution in [0.25, 0.3) is 0 Å². The van der Waals surface area contributed by atoms with Crippen LogP contribution in [0.5, 0.6) is 0 Å². The second-order valence-electron chi connectivity index (χ2n) is 6.75. The highest BCUT2D eigenvalue weighted by Crippen LogP contribution is 2.39. The Morgan fingerprint density at radius 1 is 1.10 bits per heavy atom.